The van der Waals surface area contributed by atoms with Gasteiger partial charge in [0.05, 0.1) is 5.41 Å². The van der Waals surface area contributed by atoms with E-state index in [1.54, 1.807) is 13.8 Å². The van der Waals surface area contributed by atoms with Crippen LogP contribution in [0.2, 0.25) is 0 Å². The molecule has 90 valence electrons. The zero-order chi connectivity index (χ0) is 12.6. The smallest absolute Gasteiger partial charge is 0.313 e. The first-order valence-electron chi connectivity index (χ1n) is 5.96. The van der Waals surface area contributed by atoms with Crippen LogP contribution < -0.4 is 0 Å². The summed E-state index contributed by atoms with van der Waals surface area (Å²) in [7, 11) is 0. The maximum absolute atomic E-state index is 11.3. The van der Waals surface area contributed by atoms with Crippen molar-refractivity contribution in [3.05, 3.63) is 40.5 Å². The molecule has 0 bridgehead atoms. The molecule has 0 aliphatic heterocycles. The van der Waals surface area contributed by atoms with E-state index in [4.69, 9.17) is 0 Å². The van der Waals surface area contributed by atoms with Gasteiger partial charge in [-0.3, -0.25) is 4.79 Å². The minimum Gasteiger partial charge on any atom is -0.481 e. The van der Waals surface area contributed by atoms with E-state index in [-0.39, 0.29) is 0 Å². The molecule has 1 N–H and O–H groups in total. The Morgan fingerprint density at radius 3 is 2.65 bits per heavy atom. The highest BCUT2D eigenvalue weighted by Gasteiger charge is 2.32. The quantitative estimate of drug-likeness (QED) is 0.845. The molecule has 1 aromatic carbocycles. The molecular weight excluding hydrogens is 212 g/mol. The van der Waals surface area contributed by atoms with Crippen LogP contribution in [0.25, 0.3) is 6.08 Å². The molecule has 2 heteroatoms. The molecule has 0 unspecified atom stereocenters. The van der Waals surface area contributed by atoms with E-state index in [0.717, 1.165) is 18.4 Å². The normalized spacial score (nSPS) is 15.1. The number of aliphatic carboxylic acids is 1. The number of hydrogen-bond donors (Lipinski definition) is 1. The second-order valence-corrected chi connectivity index (χ2v) is 5.24. The van der Waals surface area contributed by atoms with Crippen molar-refractivity contribution in [1.29, 1.82) is 0 Å². The number of benzene rings is 1. The monoisotopic (exact) mass is 230 g/mol. The molecule has 0 saturated heterocycles. The molecule has 0 radical (unpaired) electrons. The van der Waals surface area contributed by atoms with Gasteiger partial charge in [-0.1, -0.05) is 29.8 Å². The summed E-state index contributed by atoms with van der Waals surface area (Å²) in [5.74, 6) is -0.750. The number of carboxylic acids is 1. The van der Waals surface area contributed by atoms with Crippen molar-refractivity contribution in [3.63, 3.8) is 0 Å². The highest BCUT2D eigenvalue weighted by Crippen LogP contribution is 2.36. The van der Waals surface area contributed by atoms with Crippen molar-refractivity contribution >= 4 is 12.0 Å². The Kier molecular flexibility index (Phi) is 2.82. The van der Waals surface area contributed by atoms with Gasteiger partial charge in [-0.15, -0.1) is 0 Å². The zero-order valence-corrected chi connectivity index (χ0v) is 10.6. The lowest BCUT2D eigenvalue weighted by Gasteiger charge is -2.27. The number of carbonyl (C=O) groups is 1. The van der Waals surface area contributed by atoms with E-state index >= 15 is 0 Å². The SMILES string of the molecule is Cc1cccc2c1CCC(C(C)(C)C(=O)O)=C2. The first kappa shape index (κ1) is 11.9. The van der Waals surface area contributed by atoms with Gasteiger partial charge in [-0.25, -0.2) is 0 Å². The van der Waals surface area contributed by atoms with Crippen LogP contribution in [-0.2, 0) is 11.2 Å². The summed E-state index contributed by atoms with van der Waals surface area (Å²) >= 11 is 0. The third kappa shape index (κ3) is 1.99. The van der Waals surface area contributed by atoms with Crippen molar-refractivity contribution in [2.45, 2.75) is 33.6 Å². The number of hydrogen-bond acceptors (Lipinski definition) is 1. The predicted octanol–water partition coefficient (Wildman–Crippen LogP) is 3.44. The van der Waals surface area contributed by atoms with Gasteiger partial charge in [0.2, 0.25) is 0 Å². The Morgan fingerprint density at radius 2 is 2.00 bits per heavy atom. The molecule has 0 saturated carbocycles. The number of carboxylic acid groups (broad SMARTS) is 1. The Balaban J connectivity index is 2.46. The van der Waals surface area contributed by atoms with Crippen LogP contribution in [0.5, 0.6) is 0 Å². The van der Waals surface area contributed by atoms with E-state index in [1.807, 2.05) is 6.07 Å². The lowest BCUT2D eigenvalue weighted by molar-refractivity contribution is -0.144. The molecule has 0 spiro atoms. The molecule has 0 aromatic heterocycles. The van der Waals surface area contributed by atoms with Crippen LogP contribution in [0.1, 0.15) is 37.0 Å². The van der Waals surface area contributed by atoms with Gasteiger partial charge in [0.15, 0.2) is 0 Å². The number of aryl methyl sites for hydroxylation is 1. The van der Waals surface area contributed by atoms with E-state index < -0.39 is 11.4 Å². The maximum Gasteiger partial charge on any atom is 0.313 e. The topological polar surface area (TPSA) is 37.3 Å². The lowest BCUT2D eigenvalue weighted by Crippen LogP contribution is -2.27. The fourth-order valence-corrected chi connectivity index (χ4v) is 2.35. The first-order chi connectivity index (χ1) is 7.93. The van der Waals surface area contributed by atoms with Gasteiger partial charge >= 0.3 is 5.97 Å². The van der Waals surface area contributed by atoms with E-state index in [0.29, 0.717) is 0 Å². The zero-order valence-electron chi connectivity index (χ0n) is 10.6. The minimum atomic E-state index is -0.762. The summed E-state index contributed by atoms with van der Waals surface area (Å²) in [5.41, 5.74) is 4.09. The molecule has 0 fully saturated rings. The van der Waals surface area contributed by atoms with Crippen molar-refractivity contribution in [3.8, 4) is 0 Å². The summed E-state index contributed by atoms with van der Waals surface area (Å²) in [6.45, 7) is 5.67. The largest absolute Gasteiger partial charge is 0.481 e. The van der Waals surface area contributed by atoms with E-state index in [1.165, 1.54) is 16.7 Å². The fourth-order valence-electron chi connectivity index (χ4n) is 2.35. The van der Waals surface area contributed by atoms with Crippen LogP contribution in [0.3, 0.4) is 0 Å². The maximum atomic E-state index is 11.3. The minimum absolute atomic E-state index is 0.750. The van der Waals surface area contributed by atoms with Gasteiger partial charge in [0.1, 0.15) is 0 Å². The van der Waals surface area contributed by atoms with Crippen LogP contribution >= 0.6 is 0 Å². The van der Waals surface area contributed by atoms with Crippen molar-refractivity contribution in [2.75, 3.05) is 0 Å². The van der Waals surface area contributed by atoms with Crippen molar-refractivity contribution in [2.24, 2.45) is 5.41 Å². The highest BCUT2D eigenvalue weighted by molar-refractivity contribution is 5.80. The van der Waals surface area contributed by atoms with E-state index in [2.05, 4.69) is 25.1 Å². The van der Waals surface area contributed by atoms with Gasteiger partial charge in [-0.2, -0.15) is 0 Å². The molecule has 0 heterocycles. The highest BCUT2D eigenvalue weighted by atomic mass is 16.4. The molecule has 1 aromatic rings. The second kappa shape index (κ2) is 4.02. The Morgan fingerprint density at radius 1 is 1.29 bits per heavy atom. The Bertz CT molecular complexity index is 496. The van der Waals surface area contributed by atoms with Gasteiger partial charge < -0.3 is 5.11 Å². The molecule has 0 amide bonds. The van der Waals surface area contributed by atoms with Crippen molar-refractivity contribution in [1.82, 2.24) is 0 Å². The average Bonchev–Trinajstić information content (AvgIpc) is 2.28. The molecular formula is C15H18O2. The second-order valence-electron chi connectivity index (χ2n) is 5.24. The summed E-state index contributed by atoms with van der Waals surface area (Å²) in [6.07, 6.45) is 3.85. The molecule has 2 rings (SSSR count). The third-order valence-corrected chi connectivity index (χ3v) is 3.76. The summed E-state index contributed by atoms with van der Waals surface area (Å²) in [6, 6.07) is 6.21. The predicted molar refractivity (Wildman–Crippen MR) is 68.9 cm³/mol. The van der Waals surface area contributed by atoms with E-state index in [9.17, 15) is 9.90 Å². The van der Waals surface area contributed by atoms with Gasteiger partial charge in [0, 0.05) is 0 Å². The standard InChI is InChI=1S/C15H18O2/c1-10-5-4-6-11-9-12(7-8-13(10)11)15(2,3)14(16)17/h4-6,9H,7-8H2,1-3H3,(H,16,17). The van der Waals surface area contributed by atoms with Gasteiger partial charge in [0.25, 0.3) is 0 Å². The average molecular weight is 230 g/mol. The number of rotatable bonds is 2. The van der Waals surface area contributed by atoms with Crippen LogP contribution in [0, 0.1) is 12.3 Å². The molecule has 2 nitrogen and oxygen atoms in total. The Hall–Kier alpha value is -1.57. The molecule has 17 heavy (non-hydrogen) atoms. The van der Waals surface area contributed by atoms with Crippen molar-refractivity contribution < 1.29 is 9.90 Å². The fraction of sp³-hybridized carbons (Fsp3) is 0.400. The van der Waals surface area contributed by atoms with Crippen LogP contribution in [0.15, 0.2) is 23.8 Å². The molecule has 0 atom stereocenters. The molecule has 1 aliphatic rings. The lowest BCUT2D eigenvalue weighted by atomic mass is 9.76. The molecule has 1 aliphatic carbocycles. The summed E-state index contributed by atoms with van der Waals surface area (Å²) in [4.78, 5) is 11.3. The van der Waals surface area contributed by atoms with Crippen LogP contribution in [-0.4, -0.2) is 11.1 Å². The summed E-state index contributed by atoms with van der Waals surface area (Å²) < 4.78 is 0. The van der Waals surface area contributed by atoms with Crippen LogP contribution in [0.4, 0.5) is 0 Å². The Labute approximate surface area is 102 Å². The first-order valence-corrected chi connectivity index (χ1v) is 5.96. The summed E-state index contributed by atoms with van der Waals surface area (Å²) in [5, 5.41) is 9.26. The third-order valence-electron chi connectivity index (χ3n) is 3.76. The van der Waals surface area contributed by atoms with Gasteiger partial charge in [-0.05, 0) is 50.3 Å². The number of fused-ring (bicyclic) bond motifs is 1.